The van der Waals surface area contributed by atoms with Crippen LogP contribution in [0.15, 0.2) is 12.1 Å². The van der Waals surface area contributed by atoms with Gasteiger partial charge in [0.2, 0.25) is 0 Å². The summed E-state index contributed by atoms with van der Waals surface area (Å²) in [5.74, 6) is 2.55. The van der Waals surface area contributed by atoms with E-state index in [1.807, 2.05) is 0 Å². The van der Waals surface area contributed by atoms with Gasteiger partial charge in [-0.25, -0.2) is 0 Å². The first-order chi connectivity index (χ1) is 8.70. The first-order valence-corrected chi connectivity index (χ1v) is 7.24. The van der Waals surface area contributed by atoms with Gasteiger partial charge in [-0.15, -0.1) is 0 Å². The highest BCUT2D eigenvalue weighted by atomic mass is 16.5. The third-order valence-electron chi connectivity index (χ3n) is 4.16. The molecular weight excluding hydrogens is 222 g/mol. The lowest BCUT2D eigenvalue weighted by Gasteiger charge is -2.23. The smallest absolute Gasteiger partial charge is 0.124 e. The molecule has 1 aromatic carbocycles. The van der Waals surface area contributed by atoms with Crippen molar-refractivity contribution in [2.24, 2.45) is 5.92 Å². The molecule has 2 nitrogen and oxygen atoms in total. The minimum Gasteiger partial charge on any atom is -0.493 e. The number of anilines is 1. The molecule has 0 bridgehead atoms. The zero-order valence-electron chi connectivity index (χ0n) is 11.7. The lowest BCUT2D eigenvalue weighted by molar-refractivity contribution is 0.357. The molecular formula is C16H23NO. The lowest BCUT2D eigenvalue weighted by atomic mass is 9.96. The summed E-state index contributed by atoms with van der Waals surface area (Å²) >= 11 is 0. The van der Waals surface area contributed by atoms with Crippen LogP contribution in [0.5, 0.6) is 5.75 Å². The van der Waals surface area contributed by atoms with Crippen molar-refractivity contribution in [1.29, 1.82) is 0 Å². The van der Waals surface area contributed by atoms with Crippen LogP contribution in [0.2, 0.25) is 0 Å². The Labute approximate surface area is 110 Å². The Bertz CT molecular complexity index is 453. The van der Waals surface area contributed by atoms with E-state index in [1.54, 1.807) is 5.56 Å². The molecule has 18 heavy (non-hydrogen) atoms. The molecule has 2 aliphatic heterocycles. The van der Waals surface area contributed by atoms with E-state index in [9.17, 15) is 0 Å². The van der Waals surface area contributed by atoms with E-state index in [4.69, 9.17) is 4.74 Å². The minimum absolute atomic E-state index is 0.713. The van der Waals surface area contributed by atoms with Crippen molar-refractivity contribution in [2.45, 2.75) is 39.5 Å². The molecule has 0 spiro atoms. The van der Waals surface area contributed by atoms with Crippen LogP contribution in [-0.4, -0.2) is 19.7 Å². The van der Waals surface area contributed by atoms with E-state index < -0.39 is 0 Å². The predicted molar refractivity (Wildman–Crippen MR) is 75.7 cm³/mol. The van der Waals surface area contributed by atoms with Crippen molar-refractivity contribution in [2.75, 3.05) is 24.6 Å². The maximum absolute atomic E-state index is 5.72. The zero-order chi connectivity index (χ0) is 12.7. The average Bonchev–Trinajstić information content (AvgIpc) is 2.91. The van der Waals surface area contributed by atoms with Crippen molar-refractivity contribution in [1.82, 2.24) is 0 Å². The van der Waals surface area contributed by atoms with Crippen molar-refractivity contribution < 1.29 is 4.74 Å². The molecule has 0 N–H and O–H groups in total. The van der Waals surface area contributed by atoms with Crippen LogP contribution in [0.4, 0.5) is 5.69 Å². The molecule has 3 rings (SSSR count). The molecule has 2 heterocycles. The number of hydrogen-bond acceptors (Lipinski definition) is 2. The summed E-state index contributed by atoms with van der Waals surface area (Å²) in [4.78, 5) is 2.60. The van der Waals surface area contributed by atoms with Gasteiger partial charge in [-0.05, 0) is 24.0 Å². The molecule has 0 unspecified atom stereocenters. The maximum Gasteiger partial charge on any atom is 0.124 e. The second-order valence-corrected chi connectivity index (χ2v) is 5.98. The Balaban J connectivity index is 2.03. The molecule has 2 aliphatic rings. The Morgan fingerprint density at radius 2 is 2.22 bits per heavy atom. The summed E-state index contributed by atoms with van der Waals surface area (Å²) in [7, 11) is 0. The summed E-state index contributed by atoms with van der Waals surface area (Å²) in [5.41, 5.74) is 4.53. The van der Waals surface area contributed by atoms with Crippen LogP contribution >= 0.6 is 0 Å². The van der Waals surface area contributed by atoms with Crippen molar-refractivity contribution in [3.63, 3.8) is 0 Å². The SMILES string of the molecule is CC[C@H]1CN(CC(C)C)c2c1ccc1c2CCO1. The molecule has 0 aromatic heterocycles. The van der Waals surface area contributed by atoms with Crippen LogP contribution in [0.3, 0.4) is 0 Å². The molecule has 0 fully saturated rings. The van der Waals surface area contributed by atoms with Crippen LogP contribution in [-0.2, 0) is 6.42 Å². The standard InChI is InChI=1S/C16H23NO/c1-4-12-10-17(9-11(2)3)16-13(12)5-6-15-14(16)7-8-18-15/h5-6,11-12H,4,7-10H2,1-3H3/t12-/m0/s1. The zero-order valence-corrected chi connectivity index (χ0v) is 11.7. The van der Waals surface area contributed by atoms with Gasteiger partial charge in [-0.1, -0.05) is 26.8 Å². The normalized spacial score (nSPS) is 21.1. The van der Waals surface area contributed by atoms with Gasteiger partial charge in [0, 0.05) is 36.7 Å². The Morgan fingerprint density at radius 1 is 1.39 bits per heavy atom. The molecule has 1 aromatic rings. The maximum atomic E-state index is 5.72. The Kier molecular flexibility index (Phi) is 2.96. The molecule has 0 radical (unpaired) electrons. The van der Waals surface area contributed by atoms with Gasteiger partial charge < -0.3 is 9.64 Å². The number of rotatable bonds is 3. The van der Waals surface area contributed by atoms with Gasteiger partial charge in [-0.3, -0.25) is 0 Å². The summed E-state index contributed by atoms with van der Waals surface area (Å²) in [6, 6.07) is 4.48. The molecule has 0 amide bonds. The van der Waals surface area contributed by atoms with Crippen LogP contribution in [0.1, 0.15) is 44.2 Å². The summed E-state index contributed by atoms with van der Waals surface area (Å²) in [5, 5.41) is 0. The number of ether oxygens (including phenoxy) is 1. The van der Waals surface area contributed by atoms with E-state index in [2.05, 4.69) is 37.8 Å². The number of benzene rings is 1. The van der Waals surface area contributed by atoms with Gasteiger partial charge in [0.15, 0.2) is 0 Å². The van der Waals surface area contributed by atoms with Crippen LogP contribution < -0.4 is 9.64 Å². The topological polar surface area (TPSA) is 12.5 Å². The van der Waals surface area contributed by atoms with Crippen LogP contribution in [0.25, 0.3) is 0 Å². The Morgan fingerprint density at radius 3 is 2.94 bits per heavy atom. The number of hydrogen-bond donors (Lipinski definition) is 0. The van der Waals surface area contributed by atoms with Gasteiger partial charge in [0.25, 0.3) is 0 Å². The van der Waals surface area contributed by atoms with Gasteiger partial charge >= 0.3 is 0 Å². The molecule has 0 saturated carbocycles. The molecule has 2 heteroatoms. The van der Waals surface area contributed by atoms with Crippen molar-refractivity contribution in [3.05, 3.63) is 23.3 Å². The largest absolute Gasteiger partial charge is 0.493 e. The van der Waals surface area contributed by atoms with Crippen LogP contribution in [0, 0.1) is 5.92 Å². The fourth-order valence-corrected chi connectivity index (χ4v) is 3.39. The molecule has 0 saturated heterocycles. The lowest BCUT2D eigenvalue weighted by Crippen LogP contribution is -2.26. The number of fused-ring (bicyclic) bond motifs is 3. The summed E-state index contributed by atoms with van der Waals surface area (Å²) < 4.78 is 5.72. The second-order valence-electron chi connectivity index (χ2n) is 5.98. The molecule has 0 aliphatic carbocycles. The quantitative estimate of drug-likeness (QED) is 0.807. The monoisotopic (exact) mass is 245 g/mol. The van der Waals surface area contributed by atoms with E-state index in [0.717, 1.165) is 18.8 Å². The highest BCUT2D eigenvalue weighted by molar-refractivity contribution is 5.70. The highest BCUT2D eigenvalue weighted by Gasteiger charge is 2.32. The van der Waals surface area contributed by atoms with E-state index in [1.165, 1.54) is 30.8 Å². The minimum atomic E-state index is 0.713. The fourth-order valence-electron chi connectivity index (χ4n) is 3.39. The Hall–Kier alpha value is -1.18. The van der Waals surface area contributed by atoms with Crippen molar-refractivity contribution >= 4 is 5.69 Å². The third-order valence-corrected chi connectivity index (χ3v) is 4.16. The predicted octanol–water partition coefficient (Wildman–Crippen LogP) is 3.59. The van der Waals surface area contributed by atoms with Gasteiger partial charge in [-0.2, -0.15) is 0 Å². The third kappa shape index (κ3) is 1.79. The molecule has 98 valence electrons. The first-order valence-electron chi connectivity index (χ1n) is 7.24. The average molecular weight is 245 g/mol. The molecule has 1 atom stereocenters. The van der Waals surface area contributed by atoms with E-state index >= 15 is 0 Å². The first kappa shape index (κ1) is 11.9. The fraction of sp³-hybridized carbons (Fsp3) is 0.625. The van der Waals surface area contributed by atoms with Gasteiger partial charge in [0.1, 0.15) is 5.75 Å². The van der Waals surface area contributed by atoms with E-state index in [-0.39, 0.29) is 0 Å². The summed E-state index contributed by atoms with van der Waals surface area (Å²) in [6.45, 7) is 10.1. The van der Waals surface area contributed by atoms with Crippen molar-refractivity contribution in [3.8, 4) is 5.75 Å². The second kappa shape index (κ2) is 4.49. The van der Waals surface area contributed by atoms with Gasteiger partial charge in [0.05, 0.1) is 6.61 Å². The summed E-state index contributed by atoms with van der Waals surface area (Å²) in [6.07, 6.45) is 2.32. The number of nitrogens with zero attached hydrogens (tertiary/aromatic N) is 1. The van der Waals surface area contributed by atoms with E-state index in [0.29, 0.717) is 11.8 Å². The highest BCUT2D eigenvalue weighted by Crippen LogP contribution is 2.45.